The van der Waals surface area contributed by atoms with E-state index in [-0.39, 0.29) is 23.8 Å². The van der Waals surface area contributed by atoms with E-state index in [0.717, 1.165) is 61.1 Å². The summed E-state index contributed by atoms with van der Waals surface area (Å²) in [6.07, 6.45) is 5.17. The third kappa shape index (κ3) is 3.23. The van der Waals surface area contributed by atoms with E-state index < -0.39 is 0 Å². The van der Waals surface area contributed by atoms with E-state index in [2.05, 4.69) is 9.88 Å². The molecule has 0 amide bonds. The van der Waals surface area contributed by atoms with Gasteiger partial charge in [0, 0.05) is 28.6 Å². The maximum Gasteiger partial charge on any atom is 0.340 e. The fourth-order valence-electron chi connectivity index (χ4n) is 4.06. The van der Waals surface area contributed by atoms with Gasteiger partial charge in [-0.15, -0.1) is 12.4 Å². The predicted molar refractivity (Wildman–Crippen MR) is 99.8 cm³/mol. The van der Waals surface area contributed by atoms with Crippen LogP contribution in [-0.2, 0) is 4.74 Å². The van der Waals surface area contributed by atoms with E-state index in [9.17, 15) is 4.79 Å². The van der Waals surface area contributed by atoms with Gasteiger partial charge in [0.25, 0.3) is 0 Å². The van der Waals surface area contributed by atoms with Crippen molar-refractivity contribution in [2.45, 2.75) is 26.2 Å². The Balaban J connectivity index is 0.00000182. The number of esters is 1. The van der Waals surface area contributed by atoms with Crippen molar-refractivity contribution in [3.05, 3.63) is 29.5 Å². The fraction of sp³-hybridized carbons (Fsp3) is 0.526. The minimum atomic E-state index is -0.229. The minimum Gasteiger partial charge on any atom is -0.496 e. The van der Waals surface area contributed by atoms with Crippen molar-refractivity contribution in [2.75, 3.05) is 33.4 Å². The molecule has 4 heterocycles. The second kappa shape index (κ2) is 6.89. The first-order chi connectivity index (χ1) is 11.6. The maximum atomic E-state index is 12.6. The van der Waals surface area contributed by atoms with Gasteiger partial charge in [-0.3, -0.25) is 0 Å². The molecule has 2 aromatic rings. The van der Waals surface area contributed by atoms with Crippen LogP contribution in [-0.4, -0.2) is 49.2 Å². The van der Waals surface area contributed by atoms with Crippen LogP contribution in [0.3, 0.4) is 0 Å². The zero-order valence-corrected chi connectivity index (χ0v) is 15.6. The summed E-state index contributed by atoms with van der Waals surface area (Å²) < 4.78 is 11.1. The van der Waals surface area contributed by atoms with Crippen LogP contribution in [0.2, 0.25) is 0 Å². The van der Waals surface area contributed by atoms with Crippen molar-refractivity contribution in [1.29, 1.82) is 0 Å². The number of carbonyl (C=O) groups excluding carboxylic acids is 1. The van der Waals surface area contributed by atoms with E-state index in [1.54, 1.807) is 13.3 Å². The fourth-order valence-corrected chi connectivity index (χ4v) is 4.06. The number of carbonyl (C=O) groups is 1. The Bertz CT molecular complexity index is 765. The van der Waals surface area contributed by atoms with Crippen molar-refractivity contribution >= 4 is 29.3 Å². The Kier molecular flexibility index (Phi) is 4.98. The number of rotatable bonds is 4. The molecule has 136 valence electrons. The van der Waals surface area contributed by atoms with Gasteiger partial charge in [-0.1, -0.05) is 0 Å². The van der Waals surface area contributed by atoms with Crippen LogP contribution >= 0.6 is 12.4 Å². The summed E-state index contributed by atoms with van der Waals surface area (Å²) in [5, 5.41) is 0.897. The van der Waals surface area contributed by atoms with Crippen LogP contribution in [0.15, 0.2) is 18.3 Å². The second-order valence-corrected chi connectivity index (χ2v) is 7.24. The van der Waals surface area contributed by atoms with Crippen LogP contribution in [0.25, 0.3) is 10.9 Å². The van der Waals surface area contributed by atoms with Crippen LogP contribution in [0.4, 0.5) is 0 Å². The molecule has 0 spiro atoms. The Morgan fingerprint density at radius 3 is 2.56 bits per heavy atom. The lowest BCUT2D eigenvalue weighted by Gasteiger charge is -2.47. The minimum absolute atomic E-state index is 0. The first-order valence-electron chi connectivity index (χ1n) is 8.65. The zero-order valence-electron chi connectivity index (χ0n) is 14.8. The average Bonchev–Trinajstić information content (AvgIpc) is 3.03. The molecule has 1 aromatic carbocycles. The van der Waals surface area contributed by atoms with Gasteiger partial charge in [-0.2, -0.15) is 0 Å². The summed E-state index contributed by atoms with van der Waals surface area (Å²) in [7, 11) is 1.65. The van der Waals surface area contributed by atoms with Gasteiger partial charge < -0.3 is 19.4 Å². The summed E-state index contributed by atoms with van der Waals surface area (Å²) in [6, 6.07) is 3.91. The summed E-state index contributed by atoms with van der Waals surface area (Å²) in [4.78, 5) is 18.3. The number of methoxy groups -OCH3 is 1. The van der Waals surface area contributed by atoms with Gasteiger partial charge in [0.2, 0.25) is 0 Å². The number of nitrogens with one attached hydrogen (secondary N) is 1. The van der Waals surface area contributed by atoms with Gasteiger partial charge in [0.1, 0.15) is 5.75 Å². The number of aromatic nitrogens is 1. The van der Waals surface area contributed by atoms with Gasteiger partial charge in [-0.05, 0) is 57.5 Å². The standard InChI is InChI=1S/C19H24N2O3.ClH/c1-13-9-14-15(11-20-16(14)10-17(13)23-2)18(22)24-12-19-3-6-21(7-4-19)8-5-19;/h9-11,20H,3-8,12H2,1-2H3;1H. The lowest BCUT2D eigenvalue weighted by atomic mass is 9.73. The molecule has 0 aliphatic carbocycles. The largest absolute Gasteiger partial charge is 0.496 e. The molecule has 1 N–H and O–H groups in total. The molecule has 3 saturated heterocycles. The van der Waals surface area contributed by atoms with Gasteiger partial charge in [0.15, 0.2) is 0 Å². The molecule has 6 heteroatoms. The Labute approximate surface area is 154 Å². The number of piperidine rings is 3. The molecule has 5 nitrogen and oxygen atoms in total. The number of ether oxygens (including phenoxy) is 2. The number of fused-ring (bicyclic) bond motifs is 4. The number of aromatic amines is 1. The van der Waals surface area contributed by atoms with Crippen molar-refractivity contribution in [1.82, 2.24) is 9.88 Å². The van der Waals surface area contributed by atoms with E-state index in [1.807, 2.05) is 19.1 Å². The quantitative estimate of drug-likeness (QED) is 0.843. The molecular weight excluding hydrogens is 340 g/mol. The predicted octanol–water partition coefficient (Wildman–Crippen LogP) is 3.55. The molecule has 5 rings (SSSR count). The number of halogens is 1. The molecule has 0 radical (unpaired) electrons. The summed E-state index contributed by atoms with van der Waals surface area (Å²) in [6.45, 7) is 5.95. The molecule has 3 fully saturated rings. The van der Waals surface area contributed by atoms with Crippen molar-refractivity contribution in [3.63, 3.8) is 0 Å². The van der Waals surface area contributed by atoms with E-state index in [1.165, 1.54) is 0 Å². The number of nitrogens with zero attached hydrogens (tertiary/aromatic N) is 1. The van der Waals surface area contributed by atoms with Crippen molar-refractivity contribution in [3.8, 4) is 5.75 Å². The second-order valence-electron chi connectivity index (χ2n) is 7.24. The molecule has 3 aliphatic rings. The Morgan fingerprint density at radius 1 is 1.24 bits per heavy atom. The van der Waals surface area contributed by atoms with Crippen molar-refractivity contribution in [2.24, 2.45) is 5.41 Å². The van der Waals surface area contributed by atoms with Gasteiger partial charge in [-0.25, -0.2) is 4.79 Å². The SMILES string of the molecule is COc1cc2[nH]cc(C(=O)OCC34CCN(CC3)CC4)c2cc1C.Cl. The molecule has 25 heavy (non-hydrogen) atoms. The number of hydrogen-bond donors (Lipinski definition) is 1. The first-order valence-corrected chi connectivity index (χ1v) is 8.65. The molecular formula is C19H25ClN2O3. The zero-order chi connectivity index (χ0) is 16.7. The Morgan fingerprint density at radius 2 is 1.92 bits per heavy atom. The third-order valence-electron chi connectivity index (χ3n) is 5.80. The van der Waals surface area contributed by atoms with Crippen molar-refractivity contribution < 1.29 is 14.3 Å². The highest BCUT2D eigenvalue weighted by atomic mass is 35.5. The lowest BCUT2D eigenvalue weighted by Crippen LogP contribution is -2.50. The summed E-state index contributed by atoms with van der Waals surface area (Å²) in [5.41, 5.74) is 2.72. The van der Waals surface area contributed by atoms with E-state index in [0.29, 0.717) is 12.2 Å². The van der Waals surface area contributed by atoms with E-state index >= 15 is 0 Å². The monoisotopic (exact) mass is 364 g/mol. The number of H-pyrrole nitrogens is 1. The number of aryl methyl sites for hydroxylation is 1. The molecule has 0 saturated carbocycles. The Hall–Kier alpha value is -1.72. The lowest BCUT2D eigenvalue weighted by molar-refractivity contribution is -0.0304. The van der Waals surface area contributed by atoms with Crippen LogP contribution in [0, 0.1) is 12.3 Å². The van der Waals surface area contributed by atoms with Crippen LogP contribution in [0.5, 0.6) is 5.75 Å². The summed E-state index contributed by atoms with van der Waals surface area (Å²) >= 11 is 0. The van der Waals surface area contributed by atoms with E-state index in [4.69, 9.17) is 9.47 Å². The normalized spacial score (nSPS) is 24.8. The highest BCUT2D eigenvalue weighted by Crippen LogP contribution is 2.40. The molecule has 2 bridgehead atoms. The third-order valence-corrected chi connectivity index (χ3v) is 5.80. The molecule has 0 atom stereocenters. The average molecular weight is 365 g/mol. The number of benzene rings is 1. The topological polar surface area (TPSA) is 54.6 Å². The summed E-state index contributed by atoms with van der Waals surface area (Å²) in [5.74, 6) is 0.588. The van der Waals surface area contributed by atoms with Crippen LogP contribution < -0.4 is 4.74 Å². The highest BCUT2D eigenvalue weighted by molar-refractivity contribution is 6.04. The first kappa shape index (κ1) is 18.1. The molecule has 3 aliphatic heterocycles. The maximum absolute atomic E-state index is 12.6. The van der Waals surface area contributed by atoms with Gasteiger partial charge >= 0.3 is 5.97 Å². The highest BCUT2D eigenvalue weighted by Gasteiger charge is 2.40. The van der Waals surface area contributed by atoms with Crippen LogP contribution in [0.1, 0.15) is 35.2 Å². The smallest absolute Gasteiger partial charge is 0.340 e. The molecule has 1 aromatic heterocycles. The number of hydrogen-bond acceptors (Lipinski definition) is 4. The molecule has 0 unspecified atom stereocenters. The van der Waals surface area contributed by atoms with Gasteiger partial charge in [0.05, 0.1) is 19.3 Å².